The van der Waals surface area contributed by atoms with Gasteiger partial charge in [0.15, 0.2) is 11.6 Å². The fourth-order valence-corrected chi connectivity index (χ4v) is 2.76. The van der Waals surface area contributed by atoms with Gasteiger partial charge in [0.05, 0.1) is 12.4 Å². The van der Waals surface area contributed by atoms with E-state index in [1.165, 1.54) is 18.5 Å². The van der Waals surface area contributed by atoms with Crippen LogP contribution in [0, 0.1) is 17.6 Å². The van der Waals surface area contributed by atoms with E-state index in [4.69, 9.17) is 0 Å². The van der Waals surface area contributed by atoms with E-state index in [9.17, 15) is 13.6 Å². The van der Waals surface area contributed by atoms with E-state index in [-0.39, 0.29) is 11.6 Å². The van der Waals surface area contributed by atoms with Crippen molar-refractivity contribution in [2.45, 2.75) is 19.8 Å². The highest BCUT2D eigenvalue weighted by Crippen LogP contribution is 2.19. The van der Waals surface area contributed by atoms with Crippen molar-refractivity contribution in [1.29, 1.82) is 0 Å². The van der Waals surface area contributed by atoms with E-state index >= 15 is 0 Å². The molecule has 1 aromatic heterocycles. The molecular weight excluding hydrogens is 314 g/mol. The highest BCUT2D eigenvalue weighted by molar-refractivity contribution is 5.92. The Morgan fingerprint density at radius 3 is 2.75 bits per heavy atom. The molecule has 1 atom stereocenters. The molecule has 0 radical (unpaired) electrons. The summed E-state index contributed by atoms with van der Waals surface area (Å²) in [4.78, 5) is 22.5. The largest absolute Gasteiger partial charge is 0.339 e. The third-order valence-corrected chi connectivity index (χ3v) is 4.01. The summed E-state index contributed by atoms with van der Waals surface area (Å²) in [5.74, 6) is -1.15. The summed E-state index contributed by atoms with van der Waals surface area (Å²) in [6.45, 7) is 3.59. The smallest absolute Gasteiger partial charge is 0.274 e. The quantitative estimate of drug-likeness (QED) is 0.936. The molecule has 7 heteroatoms. The zero-order valence-corrected chi connectivity index (χ0v) is 13.3. The van der Waals surface area contributed by atoms with E-state index in [1.807, 2.05) is 0 Å². The Kier molecular flexibility index (Phi) is 4.69. The van der Waals surface area contributed by atoms with Crippen molar-refractivity contribution < 1.29 is 13.6 Å². The number of benzene rings is 1. The molecule has 2 heterocycles. The Morgan fingerprint density at radius 1 is 1.25 bits per heavy atom. The maximum Gasteiger partial charge on any atom is 0.274 e. The van der Waals surface area contributed by atoms with Crippen LogP contribution in [0.3, 0.4) is 0 Å². The van der Waals surface area contributed by atoms with Crippen LogP contribution in [0.4, 0.5) is 20.3 Å². The predicted octanol–water partition coefficient (Wildman–Crippen LogP) is 3.37. The fourth-order valence-electron chi connectivity index (χ4n) is 2.76. The van der Waals surface area contributed by atoms with Crippen LogP contribution in [0.1, 0.15) is 30.3 Å². The van der Waals surface area contributed by atoms with Gasteiger partial charge in [-0.2, -0.15) is 0 Å². The van der Waals surface area contributed by atoms with Crippen LogP contribution < -0.4 is 5.32 Å². The molecular formula is C17H18F2N4O. The van der Waals surface area contributed by atoms with Gasteiger partial charge in [-0.3, -0.25) is 4.79 Å². The molecule has 1 fully saturated rings. The average molecular weight is 332 g/mol. The molecule has 1 N–H and O–H groups in total. The minimum atomic E-state index is -0.945. The number of nitrogens with one attached hydrogen (secondary N) is 1. The normalized spacial score (nSPS) is 17.6. The lowest BCUT2D eigenvalue weighted by Gasteiger charge is -2.30. The number of rotatable bonds is 3. The second-order valence-electron chi connectivity index (χ2n) is 6.04. The monoisotopic (exact) mass is 332 g/mol. The SMILES string of the molecule is CC1CCCN(C(=O)c2cnc(Nc3ccc(F)c(F)c3)cn2)C1. The molecule has 0 aliphatic carbocycles. The number of amides is 1. The summed E-state index contributed by atoms with van der Waals surface area (Å²) >= 11 is 0. The van der Waals surface area contributed by atoms with Crippen molar-refractivity contribution in [3.05, 3.63) is 47.9 Å². The van der Waals surface area contributed by atoms with Crippen LogP contribution in [0.2, 0.25) is 0 Å². The molecule has 24 heavy (non-hydrogen) atoms. The van der Waals surface area contributed by atoms with Gasteiger partial charge >= 0.3 is 0 Å². The molecule has 1 aromatic carbocycles. The molecule has 0 bridgehead atoms. The molecule has 0 saturated carbocycles. The van der Waals surface area contributed by atoms with E-state index in [1.54, 1.807) is 4.90 Å². The number of halogens is 2. The minimum absolute atomic E-state index is 0.131. The molecule has 1 unspecified atom stereocenters. The Balaban J connectivity index is 1.68. The van der Waals surface area contributed by atoms with E-state index < -0.39 is 11.6 Å². The molecule has 2 aromatic rings. The summed E-state index contributed by atoms with van der Waals surface area (Å²) in [5.41, 5.74) is 0.632. The third kappa shape index (κ3) is 3.67. The van der Waals surface area contributed by atoms with Gasteiger partial charge < -0.3 is 10.2 Å². The van der Waals surface area contributed by atoms with E-state index in [0.717, 1.165) is 38.1 Å². The van der Waals surface area contributed by atoms with Crippen LogP contribution in [0.5, 0.6) is 0 Å². The highest BCUT2D eigenvalue weighted by Gasteiger charge is 2.23. The fraction of sp³-hybridized carbons (Fsp3) is 0.353. The Hall–Kier alpha value is -2.57. The van der Waals surface area contributed by atoms with Gasteiger partial charge in [0, 0.05) is 24.8 Å². The van der Waals surface area contributed by atoms with Gasteiger partial charge in [0.1, 0.15) is 11.5 Å². The van der Waals surface area contributed by atoms with Crippen LogP contribution in [0.15, 0.2) is 30.6 Å². The third-order valence-electron chi connectivity index (χ3n) is 4.01. The number of nitrogens with zero attached hydrogens (tertiary/aromatic N) is 3. The lowest BCUT2D eigenvalue weighted by molar-refractivity contribution is 0.0676. The van der Waals surface area contributed by atoms with Crippen LogP contribution in [0.25, 0.3) is 0 Å². The number of hydrogen-bond donors (Lipinski definition) is 1. The molecule has 3 rings (SSSR count). The molecule has 1 aliphatic heterocycles. The lowest BCUT2D eigenvalue weighted by Crippen LogP contribution is -2.39. The van der Waals surface area contributed by atoms with Crippen molar-refractivity contribution in [3.63, 3.8) is 0 Å². The standard InChI is InChI=1S/C17H18F2N4O/c1-11-3-2-6-23(10-11)17(24)15-8-21-16(9-20-15)22-12-4-5-13(18)14(19)7-12/h4-5,7-9,11H,2-3,6,10H2,1H3,(H,21,22). The molecule has 5 nitrogen and oxygen atoms in total. The first kappa shape index (κ1) is 16.3. The van der Waals surface area contributed by atoms with Crippen molar-refractivity contribution in [3.8, 4) is 0 Å². The first-order valence-corrected chi connectivity index (χ1v) is 7.86. The topological polar surface area (TPSA) is 58.1 Å². The number of aromatic nitrogens is 2. The Morgan fingerprint density at radius 2 is 2.08 bits per heavy atom. The number of anilines is 2. The maximum atomic E-state index is 13.2. The first-order chi connectivity index (χ1) is 11.5. The lowest BCUT2D eigenvalue weighted by atomic mass is 10.0. The number of carbonyl (C=O) groups is 1. The second kappa shape index (κ2) is 6.90. The summed E-state index contributed by atoms with van der Waals surface area (Å²) < 4.78 is 26.1. The van der Waals surface area contributed by atoms with E-state index in [2.05, 4.69) is 22.2 Å². The number of carbonyl (C=O) groups excluding carboxylic acids is 1. The zero-order chi connectivity index (χ0) is 17.1. The van der Waals surface area contributed by atoms with Crippen molar-refractivity contribution in [2.24, 2.45) is 5.92 Å². The van der Waals surface area contributed by atoms with Crippen molar-refractivity contribution in [2.75, 3.05) is 18.4 Å². The van der Waals surface area contributed by atoms with Gasteiger partial charge in [0.25, 0.3) is 5.91 Å². The van der Waals surface area contributed by atoms with Gasteiger partial charge in [-0.05, 0) is 30.9 Å². The number of piperidine rings is 1. The van der Waals surface area contributed by atoms with Gasteiger partial charge in [0.2, 0.25) is 0 Å². The van der Waals surface area contributed by atoms with Crippen LogP contribution >= 0.6 is 0 Å². The van der Waals surface area contributed by atoms with Gasteiger partial charge in [-0.25, -0.2) is 18.7 Å². The number of hydrogen-bond acceptors (Lipinski definition) is 4. The first-order valence-electron chi connectivity index (χ1n) is 7.86. The summed E-state index contributed by atoms with van der Waals surface area (Å²) in [5, 5.41) is 2.82. The van der Waals surface area contributed by atoms with Crippen molar-refractivity contribution in [1.82, 2.24) is 14.9 Å². The van der Waals surface area contributed by atoms with E-state index in [0.29, 0.717) is 17.4 Å². The van der Waals surface area contributed by atoms with Crippen molar-refractivity contribution >= 4 is 17.4 Å². The molecule has 0 spiro atoms. The second-order valence-corrected chi connectivity index (χ2v) is 6.04. The molecule has 126 valence electrons. The Bertz CT molecular complexity index is 736. The Labute approximate surface area is 138 Å². The van der Waals surface area contributed by atoms with Gasteiger partial charge in [-0.1, -0.05) is 6.92 Å². The van der Waals surface area contributed by atoms with Crippen LogP contribution in [-0.4, -0.2) is 33.9 Å². The van der Waals surface area contributed by atoms with Crippen LogP contribution in [-0.2, 0) is 0 Å². The summed E-state index contributed by atoms with van der Waals surface area (Å²) in [7, 11) is 0. The molecule has 1 amide bonds. The number of likely N-dealkylation sites (tertiary alicyclic amines) is 1. The molecule has 1 saturated heterocycles. The summed E-state index contributed by atoms with van der Waals surface area (Å²) in [6.07, 6.45) is 4.92. The maximum absolute atomic E-state index is 13.2. The predicted molar refractivity (Wildman–Crippen MR) is 86.0 cm³/mol. The minimum Gasteiger partial charge on any atom is -0.339 e. The highest BCUT2D eigenvalue weighted by atomic mass is 19.2. The molecule has 1 aliphatic rings. The summed E-state index contributed by atoms with van der Waals surface area (Å²) in [6, 6.07) is 3.46. The average Bonchev–Trinajstić information content (AvgIpc) is 2.58. The zero-order valence-electron chi connectivity index (χ0n) is 13.3. The van der Waals surface area contributed by atoms with Gasteiger partial charge in [-0.15, -0.1) is 0 Å².